The average Bonchev–Trinajstić information content (AvgIpc) is 2.95. The number of amides is 1. The van der Waals surface area contributed by atoms with E-state index in [1.807, 2.05) is 67.4 Å². The summed E-state index contributed by atoms with van der Waals surface area (Å²) in [4.78, 5) is 21.7. The van der Waals surface area contributed by atoms with Crippen LogP contribution in [-0.2, 0) is 4.79 Å². The van der Waals surface area contributed by atoms with Crippen molar-refractivity contribution in [3.8, 4) is 34.1 Å². The van der Waals surface area contributed by atoms with Crippen molar-refractivity contribution in [2.75, 3.05) is 25.1 Å². The first-order valence-electron chi connectivity index (χ1n) is 13.5. The number of anilines is 1. The predicted octanol–water partition coefficient (Wildman–Crippen LogP) is 5.65. The molecule has 0 bridgehead atoms. The normalized spacial score (nSPS) is 17.5. The van der Waals surface area contributed by atoms with Crippen LogP contribution in [0.1, 0.15) is 33.3 Å². The van der Waals surface area contributed by atoms with Gasteiger partial charge in [0, 0.05) is 53.6 Å². The Hall–Kier alpha value is -4.41. The molecule has 204 valence electrons. The number of para-hydroxylation sites is 1. The number of hydrogen-bond donors (Lipinski definition) is 1. The molecule has 5 rings (SSSR count). The van der Waals surface area contributed by atoms with E-state index in [-0.39, 0.29) is 18.0 Å². The highest BCUT2D eigenvalue weighted by Gasteiger charge is 2.38. The fourth-order valence-corrected chi connectivity index (χ4v) is 5.68. The predicted molar refractivity (Wildman–Crippen MR) is 158 cm³/mol. The standard InChI is InChI=1S/C33H34N4O3/c1-21-19-36(20-22(2)37(21)32(38)33(3,4)39)26-15-13-25(14-16-26)29-18-35-30-27(7-6-8-28(30)31(29)40-5)24-11-9-23(17-34)10-12-24/h6-16,18,21-22,39H,19-20H2,1-5H3/t21-,22?/m1/s1. The molecule has 3 aromatic carbocycles. The maximum Gasteiger partial charge on any atom is 0.254 e. The number of benzene rings is 3. The Kier molecular flexibility index (Phi) is 7.22. The molecular weight excluding hydrogens is 500 g/mol. The summed E-state index contributed by atoms with van der Waals surface area (Å²) in [5, 5.41) is 20.3. The molecule has 7 nitrogen and oxygen atoms in total. The van der Waals surface area contributed by atoms with E-state index in [0.717, 1.165) is 44.6 Å². The number of nitriles is 1. The van der Waals surface area contributed by atoms with E-state index in [4.69, 9.17) is 15.0 Å². The van der Waals surface area contributed by atoms with Gasteiger partial charge in [-0.2, -0.15) is 5.26 Å². The van der Waals surface area contributed by atoms with Gasteiger partial charge in [-0.15, -0.1) is 0 Å². The second kappa shape index (κ2) is 10.6. The fourth-order valence-electron chi connectivity index (χ4n) is 5.68. The highest BCUT2D eigenvalue weighted by molar-refractivity contribution is 6.00. The summed E-state index contributed by atoms with van der Waals surface area (Å²) in [6.07, 6.45) is 1.86. The van der Waals surface area contributed by atoms with Crippen LogP contribution in [-0.4, -0.2) is 58.8 Å². The summed E-state index contributed by atoms with van der Waals surface area (Å²) in [6, 6.07) is 24.0. The molecule has 4 aromatic rings. The van der Waals surface area contributed by atoms with Gasteiger partial charge < -0.3 is 19.6 Å². The van der Waals surface area contributed by atoms with E-state index in [1.54, 1.807) is 21.0 Å². The molecule has 40 heavy (non-hydrogen) atoms. The summed E-state index contributed by atoms with van der Waals surface area (Å²) in [5.74, 6) is 0.523. The third kappa shape index (κ3) is 4.99. The lowest BCUT2D eigenvalue weighted by Crippen LogP contribution is -2.62. The van der Waals surface area contributed by atoms with Gasteiger partial charge in [-0.3, -0.25) is 9.78 Å². The van der Waals surface area contributed by atoms with E-state index in [0.29, 0.717) is 18.7 Å². The number of pyridine rings is 1. The molecule has 0 spiro atoms. The van der Waals surface area contributed by atoms with Crippen LogP contribution < -0.4 is 9.64 Å². The molecule has 1 amide bonds. The molecule has 1 fully saturated rings. The van der Waals surface area contributed by atoms with E-state index < -0.39 is 5.60 Å². The number of carbonyl (C=O) groups is 1. The number of aliphatic hydroxyl groups is 1. The van der Waals surface area contributed by atoms with E-state index in [2.05, 4.69) is 35.2 Å². The minimum atomic E-state index is -1.39. The Bertz CT molecular complexity index is 1570. The Balaban J connectivity index is 1.43. The zero-order valence-corrected chi connectivity index (χ0v) is 23.5. The first-order valence-corrected chi connectivity index (χ1v) is 13.5. The van der Waals surface area contributed by atoms with Gasteiger partial charge in [-0.1, -0.05) is 36.4 Å². The van der Waals surface area contributed by atoms with E-state index in [1.165, 1.54) is 0 Å². The van der Waals surface area contributed by atoms with Crippen molar-refractivity contribution in [3.63, 3.8) is 0 Å². The third-order valence-electron chi connectivity index (χ3n) is 7.60. The molecule has 1 N–H and O–H groups in total. The van der Waals surface area contributed by atoms with Crippen molar-refractivity contribution in [1.29, 1.82) is 5.26 Å². The molecule has 1 aliphatic heterocycles. The molecular formula is C33H34N4O3. The second-order valence-corrected chi connectivity index (χ2v) is 11.0. The Morgan fingerprint density at radius 3 is 2.15 bits per heavy atom. The highest BCUT2D eigenvalue weighted by atomic mass is 16.5. The minimum Gasteiger partial charge on any atom is -0.495 e. The van der Waals surface area contributed by atoms with Gasteiger partial charge in [-0.25, -0.2) is 0 Å². The molecule has 0 saturated carbocycles. The summed E-state index contributed by atoms with van der Waals surface area (Å²) in [6.45, 7) is 8.51. The number of fused-ring (bicyclic) bond motifs is 1. The Labute approximate surface area is 235 Å². The first-order chi connectivity index (χ1) is 19.1. The van der Waals surface area contributed by atoms with Crippen LogP contribution in [0.15, 0.2) is 72.9 Å². The smallest absolute Gasteiger partial charge is 0.254 e. The number of carbonyl (C=O) groups excluding carboxylic acids is 1. The van der Waals surface area contributed by atoms with Crippen LogP contribution in [0, 0.1) is 11.3 Å². The van der Waals surface area contributed by atoms with Gasteiger partial charge in [-0.05, 0) is 69.2 Å². The number of rotatable bonds is 5. The first kappa shape index (κ1) is 27.2. The molecule has 0 radical (unpaired) electrons. The average molecular weight is 535 g/mol. The number of piperazine rings is 1. The van der Waals surface area contributed by atoms with E-state index >= 15 is 0 Å². The summed E-state index contributed by atoms with van der Waals surface area (Å²) in [5.41, 5.74) is 5.02. The van der Waals surface area contributed by atoms with Crippen LogP contribution in [0.3, 0.4) is 0 Å². The number of aromatic nitrogens is 1. The zero-order chi connectivity index (χ0) is 28.6. The maximum absolute atomic E-state index is 12.8. The largest absolute Gasteiger partial charge is 0.495 e. The van der Waals surface area contributed by atoms with Gasteiger partial charge in [0.15, 0.2) is 0 Å². The fraction of sp³-hybridized carbons (Fsp3) is 0.303. The monoisotopic (exact) mass is 534 g/mol. The molecule has 1 aliphatic rings. The Morgan fingerprint density at radius 2 is 1.57 bits per heavy atom. The summed E-state index contributed by atoms with van der Waals surface area (Å²) < 4.78 is 5.93. The lowest BCUT2D eigenvalue weighted by Gasteiger charge is -2.47. The molecule has 2 heterocycles. The van der Waals surface area contributed by atoms with Gasteiger partial charge in [0.1, 0.15) is 11.4 Å². The highest BCUT2D eigenvalue weighted by Crippen LogP contribution is 2.39. The van der Waals surface area contributed by atoms with Crippen LogP contribution in [0.5, 0.6) is 5.75 Å². The van der Waals surface area contributed by atoms with Crippen molar-refractivity contribution in [1.82, 2.24) is 9.88 Å². The van der Waals surface area contributed by atoms with Crippen LogP contribution >= 0.6 is 0 Å². The number of nitrogens with zero attached hydrogens (tertiary/aromatic N) is 4. The molecule has 0 aliphatic carbocycles. The lowest BCUT2D eigenvalue weighted by molar-refractivity contribution is -0.153. The quantitative estimate of drug-likeness (QED) is 0.356. The summed E-state index contributed by atoms with van der Waals surface area (Å²) in [7, 11) is 1.68. The van der Waals surface area contributed by atoms with Gasteiger partial charge >= 0.3 is 0 Å². The molecule has 2 atom stereocenters. The van der Waals surface area contributed by atoms with Gasteiger partial charge in [0.2, 0.25) is 0 Å². The number of hydrogen-bond acceptors (Lipinski definition) is 6. The minimum absolute atomic E-state index is 0.0302. The van der Waals surface area contributed by atoms with Crippen molar-refractivity contribution in [2.45, 2.75) is 45.4 Å². The van der Waals surface area contributed by atoms with Gasteiger partial charge in [0.25, 0.3) is 5.91 Å². The van der Waals surface area contributed by atoms with Gasteiger partial charge in [0.05, 0.1) is 24.3 Å². The molecule has 1 unspecified atom stereocenters. The van der Waals surface area contributed by atoms with Crippen molar-refractivity contribution in [2.24, 2.45) is 0 Å². The number of ether oxygens (including phenoxy) is 1. The van der Waals surface area contributed by atoms with Crippen LogP contribution in [0.4, 0.5) is 5.69 Å². The van der Waals surface area contributed by atoms with Crippen molar-refractivity contribution < 1.29 is 14.6 Å². The molecule has 7 heteroatoms. The third-order valence-corrected chi connectivity index (χ3v) is 7.60. The Morgan fingerprint density at radius 1 is 0.975 bits per heavy atom. The van der Waals surface area contributed by atoms with Crippen molar-refractivity contribution in [3.05, 3.63) is 78.5 Å². The zero-order valence-electron chi connectivity index (χ0n) is 23.5. The number of methoxy groups -OCH3 is 1. The van der Waals surface area contributed by atoms with Crippen LogP contribution in [0.25, 0.3) is 33.2 Å². The van der Waals surface area contributed by atoms with E-state index in [9.17, 15) is 9.90 Å². The summed E-state index contributed by atoms with van der Waals surface area (Å²) >= 11 is 0. The SMILES string of the molecule is COc1c(-c2ccc(N3CC(C)N(C(=O)C(C)(C)O)[C@H](C)C3)cc2)cnc2c(-c3ccc(C#N)cc3)cccc12. The second-order valence-electron chi connectivity index (χ2n) is 11.0. The maximum atomic E-state index is 12.8. The molecule has 1 aromatic heterocycles. The van der Waals surface area contributed by atoms with Crippen LogP contribution in [0.2, 0.25) is 0 Å². The van der Waals surface area contributed by atoms with Crippen molar-refractivity contribution >= 4 is 22.5 Å². The lowest BCUT2D eigenvalue weighted by atomic mass is 9.97. The topological polar surface area (TPSA) is 89.7 Å². The molecule has 1 saturated heterocycles.